The van der Waals surface area contributed by atoms with E-state index in [-0.39, 0.29) is 30.3 Å². The first-order valence-corrected chi connectivity index (χ1v) is 10.1. The molecule has 2 saturated carbocycles. The van der Waals surface area contributed by atoms with Crippen molar-refractivity contribution in [3.63, 3.8) is 0 Å². The number of aliphatic carboxylic acids is 1. The highest BCUT2D eigenvalue weighted by atomic mass is 16.4. The molecule has 0 heterocycles. The van der Waals surface area contributed by atoms with Gasteiger partial charge in [-0.1, -0.05) is 26.2 Å². The Morgan fingerprint density at radius 2 is 1.65 bits per heavy atom. The zero-order valence-corrected chi connectivity index (χ0v) is 16.2. The van der Waals surface area contributed by atoms with Crippen molar-refractivity contribution in [1.82, 2.24) is 10.2 Å². The van der Waals surface area contributed by atoms with Crippen molar-refractivity contribution in [2.75, 3.05) is 13.6 Å². The summed E-state index contributed by atoms with van der Waals surface area (Å²) >= 11 is 0. The third-order valence-corrected chi connectivity index (χ3v) is 5.99. The lowest BCUT2D eigenvalue weighted by molar-refractivity contribution is -0.143. The van der Waals surface area contributed by atoms with Crippen molar-refractivity contribution in [2.24, 2.45) is 17.8 Å². The van der Waals surface area contributed by atoms with Crippen LogP contribution in [-0.2, 0) is 14.4 Å². The molecule has 0 bridgehead atoms. The zero-order chi connectivity index (χ0) is 19.1. The van der Waals surface area contributed by atoms with Gasteiger partial charge in [-0.25, -0.2) is 0 Å². The van der Waals surface area contributed by atoms with Gasteiger partial charge in [0.2, 0.25) is 11.8 Å². The molecule has 6 nitrogen and oxygen atoms in total. The minimum atomic E-state index is -0.881. The van der Waals surface area contributed by atoms with Crippen LogP contribution < -0.4 is 5.32 Å². The Labute approximate surface area is 156 Å². The van der Waals surface area contributed by atoms with E-state index in [1.54, 1.807) is 18.9 Å². The SMILES string of the molecule is CC(CN(C)C(=O)C1CCC(NC(=O)CC2CCCCC2)CC1)C(=O)O. The molecule has 26 heavy (non-hydrogen) atoms. The summed E-state index contributed by atoms with van der Waals surface area (Å²) in [6.07, 6.45) is 9.98. The van der Waals surface area contributed by atoms with E-state index in [2.05, 4.69) is 5.32 Å². The number of carbonyl (C=O) groups is 3. The van der Waals surface area contributed by atoms with Gasteiger partial charge in [0.15, 0.2) is 0 Å². The Hall–Kier alpha value is -1.59. The number of carbonyl (C=O) groups excluding carboxylic acids is 2. The molecule has 2 amide bonds. The Morgan fingerprint density at radius 1 is 1.04 bits per heavy atom. The highest BCUT2D eigenvalue weighted by Gasteiger charge is 2.30. The fourth-order valence-corrected chi connectivity index (χ4v) is 4.32. The zero-order valence-electron chi connectivity index (χ0n) is 16.2. The number of rotatable bonds is 7. The molecular weight excluding hydrogens is 332 g/mol. The molecule has 148 valence electrons. The summed E-state index contributed by atoms with van der Waals surface area (Å²) in [5, 5.41) is 12.1. The molecule has 0 radical (unpaired) electrons. The van der Waals surface area contributed by atoms with E-state index in [4.69, 9.17) is 5.11 Å². The maximum atomic E-state index is 12.5. The molecule has 0 aliphatic heterocycles. The maximum Gasteiger partial charge on any atom is 0.308 e. The second-order valence-electron chi connectivity index (χ2n) is 8.28. The normalized spacial score (nSPS) is 25.3. The first-order chi connectivity index (χ1) is 12.4. The molecule has 0 aromatic carbocycles. The van der Waals surface area contributed by atoms with Gasteiger partial charge in [-0.2, -0.15) is 0 Å². The topological polar surface area (TPSA) is 86.7 Å². The standard InChI is InChI=1S/C20H34N2O4/c1-14(20(25)26)13-22(2)19(24)16-8-10-17(11-9-16)21-18(23)12-15-6-4-3-5-7-15/h14-17H,3-13H2,1-2H3,(H,21,23)(H,25,26). The van der Waals surface area contributed by atoms with E-state index in [1.807, 2.05) is 0 Å². The number of hydrogen-bond acceptors (Lipinski definition) is 3. The van der Waals surface area contributed by atoms with E-state index >= 15 is 0 Å². The van der Waals surface area contributed by atoms with Crippen LogP contribution in [0, 0.1) is 17.8 Å². The highest BCUT2D eigenvalue weighted by molar-refractivity contribution is 5.80. The fourth-order valence-electron chi connectivity index (χ4n) is 4.32. The molecule has 0 saturated heterocycles. The van der Waals surface area contributed by atoms with E-state index < -0.39 is 11.9 Å². The Bertz CT molecular complexity index is 494. The van der Waals surface area contributed by atoms with E-state index in [1.165, 1.54) is 32.1 Å². The second kappa shape index (κ2) is 9.93. The van der Waals surface area contributed by atoms with Crippen LogP contribution >= 0.6 is 0 Å². The molecule has 2 aliphatic carbocycles. The van der Waals surface area contributed by atoms with Gasteiger partial charge >= 0.3 is 5.97 Å². The molecule has 1 unspecified atom stereocenters. The monoisotopic (exact) mass is 366 g/mol. The molecule has 6 heteroatoms. The molecule has 0 aromatic heterocycles. The summed E-state index contributed by atoms with van der Waals surface area (Å²) in [4.78, 5) is 37.2. The summed E-state index contributed by atoms with van der Waals surface area (Å²) in [5.74, 6) is -0.739. The van der Waals surface area contributed by atoms with Crippen molar-refractivity contribution in [2.45, 2.75) is 77.2 Å². The largest absolute Gasteiger partial charge is 0.481 e. The molecule has 2 fully saturated rings. The number of amides is 2. The lowest BCUT2D eigenvalue weighted by Crippen LogP contribution is -2.43. The van der Waals surface area contributed by atoms with Crippen LogP contribution in [0.1, 0.15) is 71.1 Å². The van der Waals surface area contributed by atoms with Gasteiger partial charge in [-0.05, 0) is 44.4 Å². The van der Waals surface area contributed by atoms with Crippen molar-refractivity contribution in [1.29, 1.82) is 0 Å². The predicted octanol–water partition coefficient (Wildman–Crippen LogP) is 2.81. The van der Waals surface area contributed by atoms with Crippen LogP contribution in [0.4, 0.5) is 0 Å². The van der Waals surface area contributed by atoms with Crippen LogP contribution in [0.3, 0.4) is 0 Å². The smallest absolute Gasteiger partial charge is 0.308 e. The summed E-state index contributed by atoms with van der Waals surface area (Å²) in [6, 6.07) is 0.179. The van der Waals surface area contributed by atoms with Crippen LogP contribution in [0.15, 0.2) is 0 Å². The van der Waals surface area contributed by atoms with Gasteiger partial charge in [-0.15, -0.1) is 0 Å². The number of nitrogens with zero attached hydrogens (tertiary/aromatic N) is 1. The van der Waals surface area contributed by atoms with Gasteiger partial charge in [0.1, 0.15) is 0 Å². The first-order valence-electron chi connectivity index (χ1n) is 10.1. The highest BCUT2D eigenvalue weighted by Crippen LogP contribution is 2.28. The molecule has 2 N–H and O–H groups in total. The molecule has 1 atom stereocenters. The lowest BCUT2D eigenvalue weighted by atomic mass is 9.84. The number of nitrogens with one attached hydrogen (secondary N) is 1. The first kappa shape index (κ1) is 20.7. The number of carboxylic acid groups (broad SMARTS) is 1. The number of carboxylic acids is 1. The predicted molar refractivity (Wildman–Crippen MR) is 99.5 cm³/mol. The van der Waals surface area contributed by atoms with Crippen molar-refractivity contribution in [3.05, 3.63) is 0 Å². The van der Waals surface area contributed by atoms with E-state index in [0.29, 0.717) is 12.3 Å². The van der Waals surface area contributed by atoms with Crippen molar-refractivity contribution in [3.8, 4) is 0 Å². The molecule has 0 spiro atoms. The Morgan fingerprint density at radius 3 is 2.23 bits per heavy atom. The molecule has 0 aromatic rings. The van der Waals surface area contributed by atoms with Crippen molar-refractivity contribution < 1.29 is 19.5 Å². The minimum Gasteiger partial charge on any atom is -0.481 e. The molecular formula is C20H34N2O4. The lowest BCUT2D eigenvalue weighted by Gasteiger charge is -2.32. The molecule has 2 aliphatic rings. The summed E-state index contributed by atoms with van der Waals surface area (Å²) in [6.45, 7) is 1.86. The second-order valence-corrected chi connectivity index (χ2v) is 8.28. The van der Waals surface area contributed by atoms with E-state index in [0.717, 1.165) is 25.7 Å². The summed E-state index contributed by atoms with van der Waals surface area (Å²) < 4.78 is 0. The van der Waals surface area contributed by atoms with Gasteiger partial charge in [0.25, 0.3) is 0 Å². The van der Waals surface area contributed by atoms with Crippen LogP contribution in [-0.4, -0.2) is 47.4 Å². The Balaban J connectivity index is 1.69. The minimum absolute atomic E-state index is 0.0325. The molecule has 2 rings (SSSR count). The average molecular weight is 367 g/mol. The van der Waals surface area contributed by atoms with Crippen LogP contribution in [0.2, 0.25) is 0 Å². The number of hydrogen-bond donors (Lipinski definition) is 2. The van der Waals surface area contributed by atoms with Crippen LogP contribution in [0.5, 0.6) is 0 Å². The van der Waals surface area contributed by atoms with Gasteiger partial charge in [0.05, 0.1) is 5.92 Å². The van der Waals surface area contributed by atoms with Gasteiger partial charge < -0.3 is 15.3 Å². The van der Waals surface area contributed by atoms with Gasteiger partial charge in [-0.3, -0.25) is 14.4 Å². The quantitative estimate of drug-likeness (QED) is 0.725. The van der Waals surface area contributed by atoms with E-state index in [9.17, 15) is 14.4 Å². The third-order valence-electron chi connectivity index (χ3n) is 5.99. The van der Waals surface area contributed by atoms with Crippen molar-refractivity contribution >= 4 is 17.8 Å². The summed E-state index contributed by atoms with van der Waals surface area (Å²) in [7, 11) is 1.68. The summed E-state index contributed by atoms with van der Waals surface area (Å²) in [5.41, 5.74) is 0. The average Bonchev–Trinajstić information content (AvgIpc) is 2.62. The van der Waals surface area contributed by atoms with Crippen LogP contribution in [0.25, 0.3) is 0 Å². The maximum absolute atomic E-state index is 12.5. The Kier molecular flexibility index (Phi) is 7.91. The third kappa shape index (κ3) is 6.29. The fraction of sp³-hybridized carbons (Fsp3) is 0.850. The van der Waals surface area contributed by atoms with Gasteiger partial charge in [0, 0.05) is 32.0 Å².